The van der Waals surface area contributed by atoms with Crippen LogP contribution in [-0.2, 0) is 0 Å². The van der Waals surface area contributed by atoms with Gasteiger partial charge in [-0.1, -0.05) is 52.4 Å². The molecule has 16 heavy (non-hydrogen) atoms. The Labute approximate surface area is 108 Å². The SMILES string of the molecule is CCCCCCCCN1CCC(CC)C1.Cl. The van der Waals surface area contributed by atoms with Crippen molar-refractivity contribution in [2.75, 3.05) is 19.6 Å². The van der Waals surface area contributed by atoms with E-state index in [9.17, 15) is 0 Å². The van der Waals surface area contributed by atoms with Crippen LogP contribution in [0.2, 0.25) is 0 Å². The minimum Gasteiger partial charge on any atom is -0.303 e. The number of rotatable bonds is 8. The van der Waals surface area contributed by atoms with Gasteiger partial charge in [-0.2, -0.15) is 0 Å². The molecule has 0 aromatic heterocycles. The van der Waals surface area contributed by atoms with Crippen molar-refractivity contribution in [2.24, 2.45) is 5.92 Å². The molecule has 0 radical (unpaired) electrons. The van der Waals surface area contributed by atoms with E-state index < -0.39 is 0 Å². The van der Waals surface area contributed by atoms with Crippen LogP contribution in [0.3, 0.4) is 0 Å². The summed E-state index contributed by atoms with van der Waals surface area (Å²) >= 11 is 0. The highest BCUT2D eigenvalue weighted by Crippen LogP contribution is 2.19. The lowest BCUT2D eigenvalue weighted by Crippen LogP contribution is -2.21. The van der Waals surface area contributed by atoms with Crippen molar-refractivity contribution in [2.45, 2.75) is 65.2 Å². The maximum absolute atomic E-state index is 2.67. The molecule has 1 saturated heterocycles. The van der Waals surface area contributed by atoms with E-state index in [2.05, 4.69) is 18.7 Å². The van der Waals surface area contributed by atoms with Crippen LogP contribution in [0.25, 0.3) is 0 Å². The van der Waals surface area contributed by atoms with E-state index in [-0.39, 0.29) is 12.4 Å². The minimum absolute atomic E-state index is 0. The first-order valence-corrected chi connectivity index (χ1v) is 7.09. The van der Waals surface area contributed by atoms with Gasteiger partial charge in [0.15, 0.2) is 0 Å². The molecule has 0 aliphatic carbocycles. The predicted molar refractivity (Wildman–Crippen MR) is 75.5 cm³/mol. The molecule has 1 rings (SSSR count). The fourth-order valence-corrected chi connectivity index (χ4v) is 2.56. The molecule has 0 saturated carbocycles. The number of hydrogen-bond donors (Lipinski definition) is 0. The van der Waals surface area contributed by atoms with E-state index in [1.54, 1.807) is 0 Å². The van der Waals surface area contributed by atoms with Crippen LogP contribution in [0.5, 0.6) is 0 Å². The molecule has 1 unspecified atom stereocenters. The molecule has 1 fully saturated rings. The van der Waals surface area contributed by atoms with Crippen molar-refractivity contribution >= 4 is 12.4 Å². The molecule has 0 aromatic rings. The molecule has 2 heteroatoms. The zero-order valence-electron chi connectivity index (χ0n) is 11.2. The van der Waals surface area contributed by atoms with E-state index in [4.69, 9.17) is 0 Å². The van der Waals surface area contributed by atoms with Gasteiger partial charge in [-0.3, -0.25) is 0 Å². The average Bonchev–Trinajstić information content (AvgIpc) is 2.71. The summed E-state index contributed by atoms with van der Waals surface area (Å²) in [6, 6.07) is 0. The first kappa shape index (κ1) is 16.2. The van der Waals surface area contributed by atoms with Crippen LogP contribution in [0.1, 0.15) is 65.2 Å². The third kappa shape index (κ3) is 6.75. The second kappa shape index (κ2) is 10.4. The Bertz CT molecular complexity index is 150. The number of halogens is 1. The van der Waals surface area contributed by atoms with E-state index in [1.807, 2.05) is 0 Å². The van der Waals surface area contributed by atoms with E-state index in [0.29, 0.717) is 0 Å². The van der Waals surface area contributed by atoms with Gasteiger partial charge < -0.3 is 4.90 Å². The summed E-state index contributed by atoms with van der Waals surface area (Å²) in [5.41, 5.74) is 0. The lowest BCUT2D eigenvalue weighted by Gasteiger charge is -2.15. The molecule has 1 nitrogen and oxygen atoms in total. The van der Waals surface area contributed by atoms with Gasteiger partial charge in [0.2, 0.25) is 0 Å². The Hall–Kier alpha value is 0.250. The van der Waals surface area contributed by atoms with Crippen LogP contribution >= 0.6 is 12.4 Å². The molecule has 98 valence electrons. The zero-order chi connectivity index (χ0) is 10.9. The Morgan fingerprint density at radius 2 is 1.69 bits per heavy atom. The second-order valence-corrected chi connectivity index (χ2v) is 5.13. The third-order valence-electron chi connectivity index (χ3n) is 3.78. The van der Waals surface area contributed by atoms with E-state index >= 15 is 0 Å². The van der Waals surface area contributed by atoms with Gasteiger partial charge in [0, 0.05) is 6.54 Å². The van der Waals surface area contributed by atoms with Crippen molar-refractivity contribution in [1.29, 1.82) is 0 Å². The molecular weight excluding hydrogens is 218 g/mol. The first-order chi connectivity index (χ1) is 7.36. The maximum Gasteiger partial charge on any atom is 0.00100 e. The quantitative estimate of drug-likeness (QED) is 0.571. The van der Waals surface area contributed by atoms with Crippen LogP contribution in [0.15, 0.2) is 0 Å². The summed E-state index contributed by atoms with van der Waals surface area (Å²) in [5, 5.41) is 0. The van der Waals surface area contributed by atoms with Crippen molar-refractivity contribution in [3.63, 3.8) is 0 Å². The summed E-state index contributed by atoms with van der Waals surface area (Å²) < 4.78 is 0. The Morgan fingerprint density at radius 3 is 2.31 bits per heavy atom. The Morgan fingerprint density at radius 1 is 1.00 bits per heavy atom. The van der Waals surface area contributed by atoms with Crippen LogP contribution < -0.4 is 0 Å². The normalized spacial score (nSPS) is 21.0. The first-order valence-electron chi connectivity index (χ1n) is 7.09. The molecule has 1 aliphatic heterocycles. The molecule has 0 aromatic carbocycles. The number of hydrogen-bond acceptors (Lipinski definition) is 1. The van der Waals surface area contributed by atoms with Crippen molar-refractivity contribution in [1.82, 2.24) is 4.90 Å². The average molecular weight is 248 g/mol. The van der Waals surface area contributed by atoms with Gasteiger partial charge in [0.1, 0.15) is 0 Å². The standard InChI is InChI=1S/C14H29N.ClH/c1-3-5-6-7-8-9-11-15-12-10-14(4-2)13-15;/h14H,3-13H2,1-2H3;1H. The highest BCUT2D eigenvalue weighted by Gasteiger charge is 2.19. The highest BCUT2D eigenvalue weighted by molar-refractivity contribution is 5.85. The molecule has 0 bridgehead atoms. The minimum atomic E-state index is 0. The summed E-state index contributed by atoms with van der Waals surface area (Å²) in [6.07, 6.45) is 11.4. The van der Waals surface area contributed by atoms with Gasteiger partial charge in [-0.15, -0.1) is 12.4 Å². The largest absolute Gasteiger partial charge is 0.303 e. The van der Waals surface area contributed by atoms with Crippen LogP contribution in [0.4, 0.5) is 0 Å². The van der Waals surface area contributed by atoms with Gasteiger partial charge in [-0.05, 0) is 31.8 Å². The molecule has 0 spiro atoms. The van der Waals surface area contributed by atoms with Crippen molar-refractivity contribution < 1.29 is 0 Å². The maximum atomic E-state index is 2.67. The summed E-state index contributed by atoms with van der Waals surface area (Å²) in [4.78, 5) is 2.67. The monoisotopic (exact) mass is 247 g/mol. The number of nitrogens with zero attached hydrogens (tertiary/aromatic N) is 1. The van der Waals surface area contributed by atoms with E-state index in [0.717, 1.165) is 5.92 Å². The Balaban J connectivity index is 0.00000225. The van der Waals surface area contributed by atoms with Gasteiger partial charge >= 0.3 is 0 Å². The molecule has 1 heterocycles. The van der Waals surface area contributed by atoms with Gasteiger partial charge in [0.25, 0.3) is 0 Å². The number of unbranched alkanes of at least 4 members (excludes halogenated alkanes) is 5. The lowest BCUT2D eigenvalue weighted by molar-refractivity contribution is 0.313. The predicted octanol–water partition coefficient (Wildman–Crippen LogP) is 4.50. The van der Waals surface area contributed by atoms with Crippen molar-refractivity contribution in [3.05, 3.63) is 0 Å². The highest BCUT2D eigenvalue weighted by atomic mass is 35.5. The number of likely N-dealkylation sites (tertiary alicyclic amines) is 1. The second-order valence-electron chi connectivity index (χ2n) is 5.13. The molecule has 0 amide bonds. The zero-order valence-corrected chi connectivity index (χ0v) is 12.0. The molecule has 0 N–H and O–H groups in total. The Kier molecular flexibility index (Phi) is 10.6. The molecular formula is C14H30ClN. The topological polar surface area (TPSA) is 3.24 Å². The van der Waals surface area contributed by atoms with Gasteiger partial charge in [0.05, 0.1) is 0 Å². The summed E-state index contributed by atoms with van der Waals surface area (Å²) in [7, 11) is 0. The smallest absolute Gasteiger partial charge is 0.00100 e. The fraction of sp³-hybridized carbons (Fsp3) is 1.00. The van der Waals surface area contributed by atoms with Crippen molar-refractivity contribution in [3.8, 4) is 0 Å². The third-order valence-corrected chi connectivity index (χ3v) is 3.78. The fourth-order valence-electron chi connectivity index (χ4n) is 2.56. The molecule has 1 aliphatic rings. The summed E-state index contributed by atoms with van der Waals surface area (Å²) in [5.74, 6) is 1.00. The van der Waals surface area contributed by atoms with Gasteiger partial charge in [-0.25, -0.2) is 0 Å². The van der Waals surface area contributed by atoms with E-state index in [1.165, 1.54) is 71.0 Å². The van der Waals surface area contributed by atoms with Crippen LogP contribution in [-0.4, -0.2) is 24.5 Å². The summed E-state index contributed by atoms with van der Waals surface area (Å²) in [6.45, 7) is 8.73. The van der Waals surface area contributed by atoms with Crippen LogP contribution in [0, 0.1) is 5.92 Å². The lowest BCUT2D eigenvalue weighted by atomic mass is 10.1. The molecule has 1 atom stereocenters.